The number of aliphatic hydroxyl groups is 1. The van der Waals surface area contributed by atoms with E-state index in [0.29, 0.717) is 11.4 Å². The summed E-state index contributed by atoms with van der Waals surface area (Å²) in [6.45, 7) is 2.91. The van der Waals surface area contributed by atoms with Crippen molar-refractivity contribution in [2.45, 2.75) is 51.2 Å². The molecule has 3 N–H and O–H groups in total. The van der Waals surface area contributed by atoms with Gasteiger partial charge in [0.25, 0.3) is 5.91 Å². The van der Waals surface area contributed by atoms with Crippen LogP contribution in [0.25, 0.3) is 0 Å². The normalized spacial score (nSPS) is 22.3. The van der Waals surface area contributed by atoms with E-state index in [1.165, 1.54) is 0 Å². The molecule has 0 aromatic carbocycles. The lowest BCUT2D eigenvalue weighted by Crippen LogP contribution is -2.45. The van der Waals surface area contributed by atoms with Gasteiger partial charge in [-0.3, -0.25) is 4.79 Å². The number of carbonyl (C=O) groups is 1. The lowest BCUT2D eigenvalue weighted by Gasteiger charge is -2.28. The molecule has 1 aliphatic carbocycles. The summed E-state index contributed by atoms with van der Waals surface area (Å²) in [5, 5.41) is 16.0. The Morgan fingerprint density at radius 2 is 2.25 bits per heavy atom. The minimum absolute atomic E-state index is 0.128. The first kappa shape index (κ1) is 14.8. The van der Waals surface area contributed by atoms with Crippen molar-refractivity contribution in [2.24, 2.45) is 0 Å². The fraction of sp³-hybridized carbons (Fsp3) is 0.600. The zero-order valence-electron chi connectivity index (χ0n) is 11.9. The van der Waals surface area contributed by atoms with Crippen molar-refractivity contribution in [3.63, 3.8) is 0 Å². The molecule has 0 aliphatic heterocycles. The third-order valence-electron chi connectivity index (χ3n) is 3.62. The maximum absolute atomic E-state index is 12.2. The second kappa shape index (κ2) is 7.24. The van der Waals surface area contributed by atoms with Gasteiger partial charge < -0.3 is 15.7 Å². The smallest absolute Gasteiger partial charge is 0.251 e. The number of amides is 1. The van der Waals surface area contributed by atoms with E-state index < -0.39 is 6.10 Å². The predicted molar refractivity (Wildman–Crippen MR) is 78.7 cm³/mol. The van der Waals surface area contributed by atoms with Gasteiger partial charge in [-0.05, 0) is 31.4 Å². The molecule has 1 aromatic rings. The maximum atomic E-state index is 12.2. The number of pyridine rings is 1. The summed E-state index contributed by atoms with van der Waals surface area (Å²) < 4.78 is 0. The number of aromatic nitrogens is 1. The molecule has 0 spiro atoms. The van der Waals surface area contributed by atoms with E-state index in [-0.39, 0.29) is 11.9 Å². The van der Waals surface area contributed by atoms with Crippen LogP contribution in [0.2, 0.25) is 0 Å². The zero-order chi connectivity index (χ0) is 14.4. The average molecular weight is 277 g/mol. The van der Waals surface area contributed by atoms with E-state index in [1.807, 2.05) is 0 Å². The summed E-state index contributed by atoms with van der Waals surface area (Å²) in [7, 11) is 0. The lowest BCUT2D eigenvalue weighted by atomic mass is 9.92. The number of hydrogen-bond donors (Lipinski definition) is 3. The van der Waals surface area contributed by atoms with Crippen molar-refractivity contribution in [1.29, 1.82) is 0 Å². The second-order valence-corrected chi connectivity index (χ2v) is 5.29. The minimum Gasteiger partial charge on any atom is -0.391 e. The molecule has 1 aromatic heterocycles. The van der Waals surface area contributed by atoms with Gasteiger partial charge in [-0.15, -0.1) is 0 Å². The van der Waals surface area contributed by atoms with Crippen LogP contribution in [0.5, 0.6) is 0 Å². The Labute approximate surface area is 119 Å². The topological polar surface area (TPSA) is 74.2 Å². The molecule has 5 nitrogen and oxygen atoms in total. The zero-order valence-corrected chi connectivity index (χ0v) is 11.9. The molecule has 1 saturated carbocycles. The predicted octanol–water partition coefficient (Wildman–Crippen LogP) is 1.94. The molecule has 2 unspecified atom stereocenters. The van der Waals surface area contributed by atoms with Crippen LogP contribution in [0.3, 0.4) is 0 Å². The second-order valence-electron chi connectivity index (χ2n) is 5.29. The van der Waals surface area contributed by atoms with Crippen LogP contribution in [0, 0.1) is 0 Å². The first-order valence-corrected chi connectivity index (χ1v) is 7.39. The Hall–Kier alpha value is -1.62. The Morgan fingerprint density at radius 3 is 3.00 bits per heavy atom. The lowest BCUT2D eigenvalue weighted by molar-refractivity contribution is 0.0717. The first-order chi connectivity index (χ1) is 9.70. The van der Waals surface area contributed by atoms with Crippen LogP contribution in [-0.2, 0) is 0 Å². The van der Waals surface area contributed by atoms with Crippen molar-refractivity contribution >= 4 is 11.7 Å². The van der Waals surface area contributed by atoms with E-state index in [4.69, 9.17) is 0 Å². The van der Waals surface area contributed by atoms with Crippen LogP contribution in [0.4, 0.5) is 5.82 Å². The van der Waals surface area contributed by atoms with Gasteiger partial charge in [0.05, 0.1) is 12.1 Å². The molecule has 1 amide bonds. The molecule has 0 radical (unpaired) electrons. The Kier molecular flexibility index (Phi) is 5.35. The number of nitrogens with one attached hydrogen (secondary N) is 2. The van der Waals surface area contributed by atoms with Crippen molar-refractivity contribution < 1.29 is 9.90 Å². The van der Waals surface area contributed by atoms with E-state index in [0.717, 1.165) is 38.6 Å². The van der Waals surface area contributed by atoms with Crippen molar-refractivity contribution in [1.82, 2.24) is 10.3 Å². The Morgan fingerprint density at radius 1 is 1.45 bits per heavy atom. The first-order valence-electron chi connectivity index (χ1n) is 7.39. The largest absolute Gasteiger partial charge is 0.391 e. The number of anilines is 1. The van der Waals surface area contributed by atoms with Crippen LogP contribution in [-0.4, -0.2) is 34.7 Å². The monoisotopic (exact) mass is 277 g/mol. The third kappa shape index (κ3) is 3.93. The molecular weight excluding hydrogens is 254 g/mol. The van der Waals surface area contributed by atoms with Crippen LogP contribution < -0.4 is 10.6 Å². The molecule has 1 fully saturated rings. The molecule has 5 heteroatoms. The van der Waals surface area contributed by atoms with Crippen molar-refractivity contribution in [3.8, 4) is 0 Å². The summed E-state index contributed by atoms with van der Waals surface area (Å²) in [5.74, 6) is 0.571. The van der Waals surface area contributed by atoms with E-state index in [1.54, 1.807) is 18.3 Å². The standard InChI is InChI=1S/C15H23N3O2/c1-2-8-16-14-10-11(7-9-17-14)15(20)18-12-5-3-4-6-13(12)19/h7,9-10,12-13,19H,2-6,8H2,1H3,(H,16,17)(H,18,20). The molecular formula is C15H23N3O2. The highest BCUT2D eigenvalue weighted by Gasteiger charge is 2.24. The summed E-state index contributed by atoms with van der Waals surface area (Å²) in [5.41, 5.74) is 0.580. The van der Waals surface area contributed by atoms with Crippen LogP contribution >= 0.6 is 0 Å². The molecule has 0 bridgehead atoms. The van der Waals surface area contributed by atoms with Gasteiger partial charge in [0.1, 0.15) is 5.82 Å². The highest BCUT2D eigenvalue weighted by atomic mass is 16.3. The molecule has 2 atom stereocenters. The van der Waals surface area contributed by atoms with Crippen molar-refractivity contribution in [2.75, 3.05) is 11.9 Å². The molecule has 20 heavy (non-hydrogen) atoms. The summed E-state index contributed by atoms with van der Waals surface area (Å²) >= 11 is 0. The van der Waals surface area contributed by atoms with Gasteiger partial charge >= 0.3 is 0 Å². The highest BCUT2D eigenvalue weighted by molar-refractivity contribution is 5.95. The van der Waals surface area contributed by atoms with Gasteiger partial charge in [-0.1, -0.05) is 19.8 Å². The van der Waals surface area contributed by atoms with Gasteiger partial charge in [0, 0.05) is 18.3 Å². The third-order valence-corrected chi connectivity index (χ3v) is 3.62. The number of carbonyl (C=O) groups excluding carboxylic acids is 1. The summed E-state index contributed by atoms with van der Waals surface area (Å²) in [6.07, 6.45) is 5.92. The van der Waals surface area contributed by atoms with Crippen molar-refractivity contribution in [3.05, 3.63) is 23.9 Å². The Balaban J connectivity index is 1.97. The summed E-state index contributed by atoms with van der Waals surface area (Å²) in [4.78, 5) is 16.4. The van der Waals surface area contributed by atoms with Gasteiger partial charge in [-0.25, -0.2) is 4.98 Å². The molecule has 1 heterocycles. The van der Waals surface area contributed by atoms with E-state index in [9.17, 15) is 9.90 Å². The number of aliphatic hydroxyl groups excluding tert-OH is 1. The number of nitrogens with zero attached hydrogens (tertiary/aromatic N) is 1. The quantitative estimate of drug-likeness (QED) is 0.769. The molecule has 0 saturated heterocycles. The summed E-state index contributed by atoms with van der Waals surface area (Å²) in [6, 6.07) is 3.32. The average Bonchev–Trinajstić information content (AvgIpc) is 2.48. The SMILES string of the molecule is CCCNc1cc(C(=O)NC2CCCCC2O)ccn1. The number of rotatable bonds is 5. The molecule has 110 valence electrons. The molecule has 2 rings (SSSR count). The van der Waals surface area contributed by atoms with Crippen LogP contribution in [0.15, 0.2) is 18.3 Å². The number of hydrogen-bond acceptors (Lipinski definition) is 4. The van der Waals surface area contributed by atoms with E-state index in [2.05, 4.69) is 22.5 Å². The highest BCUT2D eigenvalue weighted by Crippen LogP contribution is 2.19. The van der Waals surface area contributed by atoms with Gasteiger partial charge in [0.2, 0.25) is 0 Å². The Bertz CT molecular complexity index is 450. The van der Waals surface area contributed by atoms with Gasteiger partial charge in [-0.2, -0.15) is 0 Å². The minimum atomic E-state index is -0.424. The van der Waals surface area contributed by atoms with Crippen LogP contribution in [0.1, 0.15) is 49.4 Å². The van der Waals surface area contributed by atoms with E-state index >= 15 is 0 Å². The molecule has 1 aliphatic rings. The fourth-order valence-electron chi connectivity index (χ4n) is 2.45. The maximum Gasteiger partial charge on any atom is 0.251 e. The fourth-order valence-corrected chi connectivity index (χ4v) is 2.45. The van der Waals surface area contributed by atoms with Gasteiger partial charge in [0.15, 0.2) is 0 Å².